The van der Waals surface area contributed by atoms with Crippen LogP contribution in [0.3, 0.4) is 0 Å². The van der Waals surface area contributed by atoms with E-state index in [4.69, 9.17) is 25.7 Å². The minimum Gasteiger partial charge on any atom is -0.467 e. The zero-order valence-corrected chi connectivity index (χ0v) is 16.4. The molecule has 0 fully saturated rings. The molecule has 4 rings (SSSR count). The summed E-state index contributed by atoms with van der Waals surface area (Å²) in [5, 5.41) is 3.84. The maximum Gasteiger partial charge on any atom is 0.304 e. The Balaban J connectivity index is 1.84. The molecule has 1 atom stereocenters. The number of anilines is 1. The molecule has 0 bridgehead atoms. The minimum atomic E-state index is -0.927. The van der Waals surface area contributed by atoms with Crippen molar-refractivity contribution in [3.8, 4) is 0 Å². The lowest BCUT2D eigenvalue weighted by Gasteiger charge is -2.15. The number of carbonyl (C=O) groups excluding carboxylic acids is 1. The van der Waals surface area contributed by atoms with Crippen LogP contribution in [-0.2, 0) is 16.1 Å². The van der Waals surface area contributed by atoms with Crippen LogP contribution in [0.1, 0.15) is 23.8 Å². The molecule has 1 N–H and O–H groups in total. The van der Waals surface area contributed by atoms with E-state index >= 15 is 0 Å². The molecular formula is C22H18ClN3O3. The van der Waals surface area contributed by atoms with Gasteiger partial charge in [0.05, 0.1) is 18.5 Å². The smallest absolute Gasteiger partial charge is 0.304 e. The molecule has 0 aliphatic carbocycles. The van der Waals surface area contributed by atoms with E-state index in [0.29, 0.717) is 22.3 Å². The summed E-state index contributed by atoms with van der Waals surface area (Å²) in [6, 6.07) is 18.8. The van der Waals surface area contributed by atoms with Crippen LogP contribution in [0.2, 0.25) is 5.02 Å². The number of furan rings is 1. The van der Waals surface area contributed by atoms with Crippen molar-refractivity contribution < 1.29 is 13.9 Å². The highest BCUT2D eigenvalue weighted by Crippen LogP contribution is 2.28. The molecule has 0 amide bonds. The van der Waals surface area contributed by atoms with Gasteiger partial charge < -0.3 is 14.5 Å². The van der Waals surface area contributed by atoms with Gasteiger partial charge in [0.15, 0.2) is 5.84 Å². The van der Waals surface area contributed by atoms with Gasteiger partial charge in [-0.05, 0) is 30.3 Å². The number of esters is 1. The number of carbonyl (C=O) groups is 1. The predicted molar refractivity (Wildman–Crippen MR) is 113 cm³/mol. The van der Waals surface area contributed by atoms with Gasteiger partial charge in [-0.3, -0.25) is 9.79 Å². The molecule has 0 radical (unpaired) electrons. The lowest BCUT2D eigenvalue weighted by Crippen LogP contribution is -2.30. The third kappa shape index (κ3) is 4.38. The quantitative estimate of drug-likeness (QED) is 0.637. The highest BCUT2D eigenvalue weighted by atomic mass is 35.5. The number of hydrogen-bond donors (Lipinski definition) is 1. The summed E-state index contributed by atoms with van der Waals surface area (Å²) in [5.41, 5.74) is 3.10. The Morgan fingerprint density at radius 3 is 2.76 bits per heavy atom. The fourth-order valence-corrected chi connectivity index (χ4v) is 3.19. The van der Waals surface area contributed by atoms with Crippen molar-refractivity contribution in [2.75, 3.05) is 5.32 Å². The molecule has 3 aromatic rings. The molecule has 0 saturated heterocycles. The fraction of sp³-hybridized carbons (Fsp3) is 0.136. The van der Waals surface area contributed by atoms with Gasteiger partial charge in [-0.15, -0.1) is 0 Å². The Morgan fingerprint density at radius 2 is 2.03 bits per heavy atom. The second-order valence-corrected chi connectivity index (χ2v) is 6.84. The number of benzodiazepines with no additional fused rings is 1. The average Bonchev–Trinajstić information content (AvgIpc) is 3.18. The number of rotatable bonds is 4. The normalized spacial score (nSPS) is 17.1. The summed E-state index contributed by atoms with van der Waals surface area (Å²) >= 11 is 6.26. The van der Waals surface area contributed by atoms with Gasteiger partial charge in [-0.25, -0.2) is 4.99 Å². The highest BCUT2D eigenvalue weighted by molar-refractivity contribution is 6.32. The average molecular weight is 408 g/mol. The van der Waals surface area contributed by atoms with Gasteiger partial charge in [-0.1, -0.05) is 41.9 Å². The largest absolute Gasteiger partial charge is 0.467 e. The Bertz CT molecular complexity index is 1080. The predicted octanol–water partition coefficient (Wildman–Crippen LogP) is 4.68. The molecule has 2 aromatic carbocycles. The Morgan fingerprint density at radius 1 is 1.21 bits per heavy atom. The van der Waals surface area contributed by atoms with Crippen molar-refractivity contribution in [1.82, 2.24) is 0 Å². The molecular weight excluding hydrogens is 390 g/mol. The number of halogens is 1. The third-order valence-corrected chi connectivity index (χ3v) is 4.52. The van der Waals surface area contributed by atoms with Crippen LogP contribution in [-0.4, -0.2) is 23.7 Å². The number of ether oxygens (including phenoxy) is 1. The van der Waals surface area contributed by atoms with Crippen LogP contribution >= 0.6 is 11.6 Å². The first kappa shape index (κ1) is 19.0. The molecule has 2 heterocycles. The zero-order chi connectivity index (χ0) is 20.2. The van der Waals surface area contributed by atoms with Crippen molar-refractivity contribution in [2.45, 2.75) is 19.7 Å². The first-order chi connectivity index (χ1) is 14.1. The topological polar surface area (TPSA) is 76.2 Å². The van der Waals surface area contributed by atoms with Crippen molar-refractivity contribution >= 4 is 34.8 Å². The van der Waals surface area contributed by atoms with E-state index in [1.807, 2.05) is 48.5 Å². The summed E-state index contributed by atoms with van der Waals surface area (Å²) in [5.74, 6) is 0.641. The lowest BCUT2D eigenvalue weighted by molar-refractivity contribution is -0.142. The Labute approximate surface area is 172 Å². The maximum absolute atomic E-state index is 11.8. The number of hydrogen-bond acceptors (Lipinski definition) is 5. The van der Waals surface area contributed by atoms with Gasteiger partial charge >= 0.3 is 5.97 Å². The van der Waals surface area contributed by atoms with Crippen LogP contribution in [0, 0.1) is 0 Å². The van der Waals surface area contributed by atoms with Gasteiger partial charge in [0.2, 0.25) is 0 Å². The lowest BCUT2D eigenvalue weighted by atomic mass is 10.0. The first-order valence-electron chi connectivity index (χ1n) is 9.04. The first-order valence-corrected chi connectivity index (χ1v) is 9.42. The summed E-state index contributed by atoms with van der Waals surface area (Å²) in [6.07, 6.45) is 0.659. The van der Waals surface area contributed by atoms with Crippen LogP contribution in [0.15, 0.2) is 81.3 Å². The number of nitrogens with one attached hydrogen (secondary N) is 1. The Kier molecular flexibility index (Phi) is 5.44. The minimum absolute atomic E-state index is 0.284. The molecule has 7 heteroatoms. The fourth-order valence-electron chi connectivity index (χ4n) is 3.02. The monoisotopic (exact) mass is 407 g/mol. The van der Waals surface area contributed by atoms with Crippen molar-refractivity contribution in [1.29, 1.82) is 0 Å². The summed E-state index contributed by atoms with van der Waals surface area (Å²) in [6.45, 7) is 1.63. The third-order valence-electron chi connectivity index (χ3n) is 4.29. The van der Waals surface area contributed by atoms with Crippen LogP contribution in [0.5, 0.6) is 0 Å². The van der Waals surface area contributed by atoms with Crippen molar-refractivity contribution in [3.63, 3.8) is 0 Å². The molecule has 6 nitrogen and oxygen atoms in total. The molecule has 1 aliphatic heterocycles. The summed E-state index contributed by atoms with van der Waals surface area (Å²) in [7, 11) is 0. The zero-order valence-electron chi connectivity index (χ0n) is 15.6. The molecule has 0 saturated carbocycles. The number of fused-ring (bicyclic) bond motifs is 1. The van der Waals surface area contributed by atoms with Gasteiger partial charge in [-0.2, -0.15) is 0 Å². The van der Waals surface area contributed by atoms with E-state index in [1.165, 1.54) is 6.92 Å². The van der Waals surface area contributed by atoms with Gasteiger partial charge in [0.1, 0.15) is 5.76 Å². The molecule has 146 valence electrons. The summed E-state index contributed by atoms with van der Waals surface area (Å²) in [4.78, 5) is 21.1. The number of nitrogens with zero attached hydrogens (tertiary/aromatic N) is 2. The standard InChI is InChI=1S/C22H18ClN3O3/c1-14(27)29-22-21(24-13-17-8-5-11-28-17)25-19-10-9-16(23)12-18(19)20(26-22)15-6-3-2-4-7-15/h2-12,22H,13H2,1H3,(H,24,25). The SMILES string of the molecule is CC(=O)OC1N=C(c2ccccc2)c2cc(Cl)ccc2NC1=NCc1ccco1. The Hall–Kier alpha value is -3.38. The van der Waals surface area contributed by atoms with E-state index in [0.717, 1.165) is 16.8 Å². The second kappa shape index (κ2) is 8.32. The van der Waals surface area contributed by atoms with E-state index < -0.39 is 12.2 Å². The molecule has 0 spiro atoms. The molecule has 1 unspecified atom stereocenters. The number of amidine groups is 1. The van der Waals surface area contributed by atoms with Crippen molar-refractivity contribution in [3.05, 3.63) is 88.8 Å². The maximum atomic E-state index is 11.8. The second-order valence-electron chi connectivity index (χ2n) is 6.40. The van der Waals surface area contributed by atoms with Crippen LogP contribution in [0.4, 0.5) is 5.69 Å². The van der Waals surface area contributed by atoms with Gasteiger partial charge in [0.25, 0.3) is 6.23 Å². The molecule has 29 heavy (non-hydrogen) atoms. The highest BCUT2D eigenvalue weighted by Gasteiger charge is 2.26. The number of benzene rings is 2. The number of aliphatic imine (C=N–C) groups is 2. The van der Waals surface area contributed by atoms with E-state index in [-0.39, 0.29) is 6.54 Å². The summed E-state index contributed by atoms with van der Waals surface area (Å²) < 4.78 is 10.8. The molecule has 1 aromatic heterocycles. The van der Waals surface area contributed by atoms with E-state index in [2.05, 4.69) is 10.3 Å². The van der Waals surface area contributed by atoms with Gasteiger partial charge in [0, 0.05) is 28.8 Å². The van der Waals surface area contributed by atoms with Crippen molar-refractivity contribution in [2.24, 2.45) is 9.98 Å². The molecule has 1 aliphatic rings. The van der Waals surface area contributed by atoms with Crippen LogP contribution < -0.4 is 5.32 Å². The van der Waals surface area contributed by atoms with Crippen LogP contribution in [0.25, 0.3) is 0 Å². The van der Waals surface area contributed by atoms with E-state index in [9.17, 15) is 4.79 Å². The van der Waals surface area contributed by atoms with E-state index in [1.54, 1.807) is 18.4 Å².